The number of ether oxygens (including phenoxy) is 1. The molecule has 0 radical (unpaired) electrons. The maximum absolute atomic E-state index is 5.36. The first-order chi connectivity index (χ1) is 9.49. The first-order valence-electron chi connectivity index (χ1n) is 6.49. The van der Waals surface area contributed by atoms with E-state index in [1.165, 1.54) is 0 Å². The van der Waals surface area contributed by atoms with Crippen LogP contribution in [-0.2, 0) is 0 Å². The van der Waals surface area contributed by atoms with Gasteiger partial charge < -0.3 is 4.74 Å². The topological polar surface area (TPSA) is 35.0 Å². The van der Waals surface area contributed by atoms with Gasteiger partial charge in [-0.2, -0.15) is 0 Å². The summed E-state index contributed by atoms with van der Waals surface area (Å²) in [5, 5.41) is 0. The van der Waals surface area contributed by atoms with Crippen molar-refractivity contribution in [2.24, 2.45) is 0 Å². The Kier molecular flexibility index (Phi) is 4.21. The van der Waals surface area contributed by atoms with Gasteiger partial charge in [0.15, 0.2) is 0 Å². The quantitative estimate of drug-likeness (QED) is 0.625. The predicted molar refractivity (Wildman–Crippen MR) is 84.2 cm³/mol. The van der Waals surface area contributed by atoms with E-state index in [0.29, 0.717) is 5.82 Å². The lowest BCUT2D eigenvalue weighted by molar-refractivity contribution is 0.416. The molecule has 1 aromatic carbocycles. The van der Waals surface area contributed by atoms with E-state index in [4.69, 9.17) is 4.74 Å². The minimum atomic E-state index is -1.42. The van der Waals surface area contributed by atoms with Crippen molar-refractivity contribution in [3.8, 4) is 28.5 Å². The molecule has 0 aliphatic rings. The zero-order chi connectivity index (χ0) is 14.6. The van der Waals surface area contributed by atoms with E-state index >= 15 is 0 Å². The predicted octanol–water partition coefficient (Wildman–Crippen LogP) is 3.38. The van der Waals surface area contributed by atoms with Gasteiger partial charge in [-0.15, -0.1) is 5.54 Å². The van der Waals surface area contributed by atoms with E-state index in [9.17, 15) is 0 Å². The highest BCUT2D eigenvalue weighted by molar-refractivity contribution is 6.83. The molecular formula is C16H18N2OSi. The highest BCUT2D eigenvalue weighted by Crippen LogP contribution is 2.27. The highest BCUT2D eigenvalue weighted by atomic mass is 28.3. The number of methoxy groups -OCH3 is 1. The van der Waals surface area contributed by atoms with Crippen LogP contribution in [0.2, 0.25) is 19.6 Å². The van der Waals surface area contributed by atoms with E-state index in [0.717, 1.165) is 17.0 Å². The monoisotopic (exact) mass is 282 g/mol. The van der Waals surface area contributed by atoms with E-state index in [1.807, 2.05) is 30.3 Å². The van der Waals surface area contributed by atoms with Crippen LogP contribution in [0.3, 0.4) is 0 Å². The maximum Gasteiger partial charge on any atom is 0.204 e. The maximum atomic E-state index is 5.36. The number of benzene rings is 1. The van der Waals surface area contributed by atoms with Gasteiger partial charge in [0.05, 0.1) is 12.8 Å². The summed E-state index contributed by atoms with van der Waals surface area (Å²) in [5.74, 6) is 4.45. The van der Waals surface area contributed by atoms with Gasteiger partial charge in [-0.25, -0.2) is 9.97 Å². The second-order valence-electron chi connectivity index (χ2n) is 5.47. The molecule has 0 saturated heterocycles. The molecule has 2 aromatic rings. The summed E-state index contributed by atoms with van der Waals surface area (Å²) in [5.41, 5.74) is 5.06. The largest absolute Gasteiger partial charge is 0.496 e. The SMILES string of the molecule is COc1ccccc1-c1ccnc(C#C[Si](C)(C)C)n1. The van der Waals surface area contributed by atoms with Crippen molar-refractivity contribution in [1.82, 2.24) is 9.97 Å². The molecule has 2 rings (SSSR count). The molecule has 0 aliphatic carbocycles. The summed E-state index contributed by atoms with van der Waals surface area (Å²) >= 11 is 0. The third-order valence-corrected chi connectivity index (χ3v) is 3.46. The van der Waals surface area contributed by atoms with Gasteiger partial charge in [-0.1, -0.05) is 31.8 Å². The van der Waals surface area contributed by atoms with Crippen LogP contribution >= 0.6 is 0 Å². The summed E-state index contributed by atoms with van der Waals surface area (Å²) in [6.07, 6.45) is 1.74. The Labute approximate surface area is 121 Å². The zero-order valence-corrected chi connectivity index (χ0v) is 13.3. The third kappa shape index (κ3) is 3.69. The summed E-state index contributed by atoms with van der Waals surface area (Å²) in [6.45, 7) is 6.60. The fourth-order valence-electron chi connectivity index (χ4n) is 1.67. The molecule has 20 heavy (non-hydrogen) atoms. The van der Waals surface area contributed by atoms with Crippen molar-refractivity contribution in [1.29, 1.82) is 0 Å². The molecule has 0 atom stereocenters. The number of nitrogens with zero attached hydrogens (tertiary/aromatic N) is 2. The van der Waals surface area contributed by atoms with Crippen LogP contribution in [0.5, 0.6) is 5.75 Å². The Hall–Kier alpha value is -2.12. The first-order valence-corrected chi connectivity index (χ1v) is 9.99. The summed E-state index contributed by atoms with van der Waals surface area (Å²) in [7, 11) is 0.238. The van der Waals surface area contributed by atoms with Gasteiger partial charge in [0.25, 0.3) is 0 Å². The molecule has 0 spiro atoms. The van der Waals surface area contributed by atoms with Crippen LogP contribution in [0.15, 0.2) is 36.5 Å². The number of hydrogen-bond acceptors (Lipinski definition) is 3. The average Bonchev–Trinajstić information content (AvgIpc) is 2.45. The standard InChI is InChI=1S/C16H18N2OSi/c1-19-15-8-6-5-7-13(15)14-9-11-17-16(18-14)10-12-20(2,3)4/h5-9,11H,1-4H3. The molecule has 0 aliphatic heterocycles. The number of rotatable bonds is 2. The van der Waals surface area contributed by atoms with Gasteiger partial charge in [0.2, 0.25) is 5.82 Å². The van der Waals surface area contributed by atoms with Crippen molar-refractivity contribution in [2.45, 2.75) is 19.6 Å². The average molecular weight is 282 g/mol. The molecule has 0 unspecified atom stereocenters. The highest BCUT2D eigenvalue weighted by Gasteiger charge is 2.09. The van der Waals surface area contributed by atoms with Crippen molar-refractivity contribution < 1.29 is 4.74 Å². The van der Waals surface area contributed by atoms with Crippen LogP contribution in [0, 0.1) is 11.5 Å². The first kappa shape index (κ1) is 14.3. The summed E-state index contributed by atoms with van der Waals surface area (Å²) < 4.78 is 5.36. The minimum absolute atomic E-state index is 0.566. The summed E-state index contributed by atoms with van der Waals surface area (Å²) in [6, 6.07) is 9.68. The second-order valence-corrected chi connectivity index (χ2v) is 10.2. The smallest absolute Gasteiger partial charge is 0.204 e. The lowest BCUT2D eigenvalue weighted by atomic mass is 10.1. The fraction of sp³-hybridized carbons (Fsp3) is 0.250. The fourth-order valence-corrected chi connectivity index (χ4v) is 2.16. The molecular weight excluding hydrogens is 264 g/mol. The van der Waals surface area contributed by atoms with E-state index in [2.05, 4.69) is 41.1 Å². The van der Waals surface area contributed by atoms with Crippen LogP contribution in [0.1, 0.15) is 5.82 Å². The lowest BCUT2D eigenvalue weighted by Crippen LogP contribution is -2.16. The number of hydrogen-bond donors (Lipinski definition) is 0. The Morgan fingerprint density at radius 2 is 1.85 bits per heavy atom. The van der Waals surface area contributed by atoms with Gasteiger partial charge in [0, 0.05) is 11.8 Å². The molecule has 0 saturated carbocycles. The van der Waals surface area contributed by atoms with Gasteiger partial charge >= 0.3 is 0 Å². The van der Waals surface area contributed by atoms with E-state index in [-0.39, 0.29) is 0 Å². The van der Waals surface area contributed by atoms with Crippen molar-refractivity contribution in [3.05, 3.63) is 42.4 Å². The third-order valence-electron chi connectivity index (χ3n) is 2.59. The molecule has 4 heteroatoms. The summed E-state index contributed by atoms with van der Waals surface area (Å²) in [4.78, 5) is 8.73. The minimum Gasteiger partial charge on any atom is -0.496 e. The number of aromatic nitrogens is 2. The lowest BCUT2D eigenvalue weighted by Gasteiger charge is -2.07. The molecule has 3 nitrogen and oxygen atoms in total. The van der Waals surface area contributed by atoms with Gasteiger partial charge in [-0.3, -0.25) is 0 Å². The zero-order valence-electron chi connectivity index (χ0n) is 12.3. The number of para-hydroxylation sites is 1. The van der Waals surface area contributed by atoms with Crippen LogP contribution in [0.4, 0.5) is 0 Å². The molecule has 1 aromatic heterocycles. The van der Waals surface area contributed by atoms with Gasteiger partial charge in [-0.05, 0) is 24.1 Å². The Morgan fingerprint density at radius 3 is 2.55 bits per heavy atom. The molecule has 0 N–H and O–H groups in total. The Bertz CT molecular complexity index is 666. The van der Waals surface area contributed by atoms with E-state index < -0.39 is 8.07 Å². The van der Waals surface area contributed by atoms with E-state index in [1.54, 1.807) is 13.3 Å². The second kappa shape index (κ2) is 5.89. The van der Waals surface area contributed by atoms with Crippen molar-refractivity contribution in [2.75, 3.05) is 7.11 Å². The molecule has 1 heterocycles. The van der Waals surface area contributed by atoms with Gasteiger partial charge in [0.1, 0.15) is 13.8 Å². The van der Waals surface area contributed by atoms with Crippen LogP contribution < -0.4 is 4.74 Å². The van der Waals surface area contributed by atoms with Crippen molar-refractivity contribution >= 4 is 8.07 Å². The van der Waals surface area contributed by atoms with Crippen LogP contribution in [-0.4, -0.2) is 25.2 Å². The van der Waals surface area contributed by atoms with Crippen LogP contribution in [0.25, 0.3) is 11.3 Å². The molecule has 0 bridgehead atoms. The molecule has 102 valence electrons. The molecule has 0 amide bonds. The molecule has 0 fully saturated rings. The Morgan fingerprint density at radius 1 is 1.10 bits per heavy atom. The normalized spacial score (nSPS) is 10.6. The van der Waals surface area contributed by atoms with Crippen molar-refractivity contribution in [3.63, 3.8) is 0 Å². The Balaban J connectivity index is 2.41.